The first-order valence-electron chi connectivity index (χ1n) is 6.32. The summed E-state index contributed by atoms with van der Waals surface area (Å²) in [5, 5.41) is 0.644. The van der Waals surface area contributed by atoms with Gasteiger partial charge in [-0.1, -0.05) is 0 Å². The fourth-order valence-corrected chi connectivity index (χ4v) is 2.23. The number of hydrogen-bond donors (Lipinski definition) is 2. The van der Waals surface area contributed by atoms with Crippen molar-refractivity contribution < 1.29 is 4.74 Å². The van der Waals surface area contributed by atoms with Gasteiger partial charge in [-0.2, -0.15) is 0 Å². The van der Waals surface area contributed by atoms with E-state index in [4.69, 9.17) is 16.2 Å². The van der Waals surface area contributed by atoms with Crippen molar-refractivity contribution in [2.45, 2.75) is 0 Å². The maximum Gasteiger partial charge on any atom is 0.282 e. The smallest absolute Gasteiger partial charge is 0.282 e. The predicted octanol–water partition coefficient (Wildman–Crippen LogP) is 1.56. The fourth-order valence-electron chi connectivity index (χ4n) is 2.23. The third-order valence-corrected chi connectivity index (χ3v) is 3.34. The molecule has 106 valence electrons. The van der Waals surface area contributed by atoms with Crippen molar-refractivity contribution in [1.29, 1.82) is 0 Å². The second-order valence-electron chi connectivity index (χ2n) is 4.54. The van der Waals surface area contributed by atoms with Crippen molar-refractivity contribution in [3.05, 3.63) is 52.9 Å². The van der Waals surface area contributed by atoms with E-state index in [0.717, 1.165) is 0 Å². The maximum atomic E-state index is 12.4. The van der Waals surface area contributed by atoms with E-state index >= 15 is 0 Å². The third-order valence-electron chi connectivity index (χ3n) is 3.34. The van der Waals surface area contributed by atoms with Crippen LogP contribution in [-0.4, -0.2) is 16.7 Å². The molecule has 6 nitrogen and oxygen atoms in total. The largest absolute Gasteiger partial charge is 0.497 e. The van der Waals surface area contributed by atoms with Crippen LogP contribution in [0.15, 0.2) is 47.4 Å². The molecule has 21 heavy (non-hydrogen) atoms. The highest BCUT2D eigenvalue weighted by Gasteiger charge is 2.14. The minimum absolute atomic E-state index is 0.0197. The zero-order chi connectivity index (χ0) is 15.0. The quantitative estimate of drug-likeness (QED) is 0.743. The second kappa shape index (κ2) is 4.82. The number of aromatic nitrogens is 2. The number of benzene rings is 1. The van der Waals surface area contributed by atoms with Crippen molar-refractivity contribution in [1.82, 2.24) is 9.55 Å². The maximum absolute atomic E-state index is 12.4. The van der Waals surface area contributed by atoms with E-state index in [1.807, 2.05) is 0 Å². The standard InChI is InChI=1S/C15H14N4O2/c1-21-10-6-4-9(5-7-10)19-14-11(3-2-8-18-14)12(16)13(17)15(19)20/h2-8H,16-17H2,1H3. The molecular formula is C15H14N4O2. The van der Waals surface area contributed by atoms with Crippen LogP contribution in [0.1, 0.15) is 0 Å². The summed E-state index contributed by atoms with van der Waals surface area (Å²) >= 11 is 0. The van der Waals surface area contributed by atoms with Crippen molar-refractivity contribution in [3.8, 4) is 11.4 Å². The van der Waals surface area contributed by atoms with E-state index in [1.165, 1.54) is 4.57 Å². The summed E-state index contributed by atoms with van der Waals surface area (Å²) in [5.74, 6) is 0.701. The molecular weight excluding hydrogens is 268 g/mol. The number of anilines is 2. The molecule has 2 heterocycles. The van der Waals surface area contributed by atoms with Gasteiger partial charge in [0.05, 0.1) is 18.5 Å². The molecule has 0 saturated carbocycles. The van der Waals surface area contributed by atoms with Crippen molar-refractivity contribution >= 4 is 22.4 Å². The Morgan fingerprint density at radius 3 is 2.48 bits per heavy atom. The molecule has 0 aliphatic carbocycles. The zero-order valence-electron chi connectivity index (χ0n) is 11.4. The van der Waals surface area contributed by atoms with Crippen LogP contribution < -0.4 is 21.8 Å². The Bertz CT molecular complexity index is 869. The van der Waals surface area contributed by atoms with Crippen LogP contribution in [0.3, 0.4) is 0 Å². The summed E-state index contributed by atoms with van der Waals surface area (Å²) in [5.41, 5.74) is 12.8. The minimum Gasteiger partial charge on any atom is -0.497 e. The van der Waals surface area contributed by atoms with Gasteiger partial charge in [0.2, 0.25) is 0 Å². The van der Waals surface area contributed by atoms with E-state index in [2.05, 4.69) is 4.98 Å². The molecule has 0 bridgehead atoms. The van der Waals surface area contributed by atoms with Crippen LogP contribution in [0.4, 0.5) is 11.4 Å². The Balaban J connectivity index is 2.38. The number of methoxy groups -OCH3 is 1. The van der Waals surface area contributed by atoms with E-state index in [0.29, 0.717) is 22.5 Å². The molecule has 3 aromatic rings. The van der Waals surface area contributed by atoms with Crippen LogP contribution >= 0.6 is 0 Å². The van der Waals surface area contributed by atoms with Gasteiger partial charge in [-0.15, -0.1) is 0 Å². The lowest BCUT2D eigenvalue weighted by molar-refractivity contribution is 0.414. The normalized spacial score (nSPS) is 10.7. The molecule has 0 saturated heterocycles. The first-order chi connectivity index (χ1) is 10.1. The van der Waals surface area contributed by atoms with Gasteiger partial charge < -0.3 is 16.2 Å². The number of rotatable bonds is 2. The first kappa shape index (κ1) is 13.0. The zero-order valence-corrected chi connectivity index (χ0v) is 11.4. The highest BCUT2D eigenvalue weighted by Crippen LogP contribution is 2.24. The van der Waals surface area contributed by atoms with Gasteiger partial charge in [-0.25, -0.2) is 4.98 Å². The summed E-state index contributed by atoms with van der Waals surface area (Å²) in [4.78, 5) is 16.7. The number of nitrogen functional groups attached to an aromatic ring is 2. The highest BCUT2D eigenvalue weighted by atomic mass is 16.5. The molecule has 0 fully saturated rings. The number of fused-ring (bicyclic) bond motifs is 1. The molecule has 0 spiro atoms. The van der Waals surface area contributed by atoms with Crippen molar-refractivity contribution in [2.75, 3.05) is 18.6 Å². The molecule has 0 unspecified atom stereocenters. The molecule has 4 N–H and O–H groups in total. The summed E-state index contributed by atoms with van der Waals surface area (Å²) in [6, 6.07) is 10.6. The lowest BCUT2D eigenvalue weighted by atomic mass is 10.2. The average Bonchev–Trinajstić information content (AvgIpc) is 2.53. The lowest BCUT2D eigenvalue weighted by Crippen LogP contribution is -2.24. The van der Waals surface area contributed by atoms with Gasteiger partial charge in [-0.05, 0) is 36.4 Å². The van der Waals surface area contributed by atoms with E-state index in [-0.39, 0.29) is 16.9 Å². The molecule has 2 aromatic heterocycles. The van der Waals surface area contributed by atoms with Gasteiger partial charge in [-0.3, -0.25) is 9.36 Å². The van der Waals surface area contributed by atoms with Crippen LogP contribution in [0.25, 0.3) is 16.7 Å². The number of hydrogen-bond acceptors (Lipinski definition) is 5. The Labute approximate surface area is 120 Å². The highest BCUT2D eigenvalue weighted by molar-refractivity contribution is 5.94. The monoisotopic (exact) mass is 282 g/mol. The topological polar surface area (TPSA) is 96.2 Å². The van der Waals surface area contributed by atoms with Crippen molar-refractivity contribution in [3.63, 3.8) is 0 Å². The fraction of sp³-hybridized carbons (Fsp3) is 0.0667. The summed E-state index contributed by atoms with van der Waals surface area (Å²) in [6.45, 7) is 0. The predicted molar refractivity (Wildman–Crippen MR) is 82.7 cm³/mol. The molecule has 0 amide bonds. The molecule has 1 aromatic carbocycles. The Morgan fingerprint density at radius 2 is 1.81 bits per heavy atom. The minimum atomic E-state index is -0.385. The molecule has 0 atom stereocenters. The number of nitrogens with zero attached hydrogens (tertiary/aromatic N) is 2. The van der Waals surface area contributed by atoms with Crippen molar-refractivity contribution in [2.24, 2.45) is 0 Å². The van der Waals surface area contributed by atoms with Crippen LogP contribution in [0.5, 0.6) is 5.75 Å². The van der Waals surface area contributed by atoms with E-state index in [1.54, 1.807) is 49.7 Å². The Kier molecular flexibility index (Phi) is 2.98. The van der Waals surface area contributed by atoms with E-state index < -0.39 is 0 Å². The van der Waals surface area contributed by atoms with E-state index in [9.17, 15) is 4.79 Å². The van der Waals surface area contributed by atoms with Crippen LogP contribution in [0.2, 0.25) is 0 Å². The van der Waals surface area contributed by atoms with Crippen LogP contribution in [0, 0.1) is 0 Å². The molecule has 3 rings (SSSR count). The molecule has 0 aliphatic heterocycles. The van der Waals surface area contributed by atoms with Gasteiger partial charge in [0, 0.05) is 11.6 Å². The Hall–Kier alpha value is -3.02. The summed E-state index contributed by atoms with van der Waals surface area (Å²) < 4.78 is 6.56. The average molecular weight is 282 g/mol. The number of pyridine rings is 2. The lowest BCUT2D eigenvalue weighted by Gasteiger charge is -2.13. The van der Waals surface area contributed by atoms with Crippen LogP contribution in [-0.2, 0) is 0 Å². The van der Waals surface area contributed by atoms with Gasteiger partial charge >= 0.3 is 0 Å². The summed E-state index contributed by atoms with van der Waals surface area (Å²) in [6.07, 6.45) is 1.61. The Morgan fingerprint density at radius 1 is 1.10 bits per heavy atom. The first-order valence-corrected chi connectivity index (χ1v) is 6.32. The third kappa shape index (κ3) is 1.97. The number of ether oxygens (including phenoxy) is 1. The van der Waals surface area contributed by atoms with Gasteiger partial charge in [0.1, 0.15) is 17.1 Å². The molecule has 0 aliphatic rings. The molecule has 6 heteroatoms. The second-order valence-corrected chi connectivity index (χ2v) is 4.54. The van der Waals surface area contributed by atoms with Gasteiger partial charge in [0.15, 0.2) is 0 Å². The molecule has 0 radical (unpaired) electrons. The summed E-state index contributed by atoms with van der Waals surface area (Å²) in [7, 11) is 1.58. The SMILES string of the molecule is COc1ccc(-n2c(=O)c(N)c(N)c3cccnc32)cc1. The number of nitrogens with two attached hydrogens (primary N) is 2. The van der Waals surface area contributed by atoms with Gasteiger partial charge in [0.25, 0.3) is 5.56 Å².